The van der Waals surface area contributed by atoms with Crippen LogP contribution in [0.1, 0.15) is 90.1 Å². The van der Waals surface area contributed by atoms with Gasteiger partial charge in [-0.2, -0.15) is 0 Å². The van der Waals surface area contributed by atoms with Crippen LogP contribution in [0.4, 0.5) is 0 Å². The minimum absolute atomic E-state index is 0.589. The lowest BCUT2D eigenvalue weighted by molar-refractivity contribution is 0.853. The van der Waals surface area contributed by atoms with Gasteiger partial charge >= 0.3 is 0 Å². The van der Waals surface area contributed by atoms with Crippen molar-refractivity contribution in [2.45, 2.75) is 80.6 Å². The van der Waals surface area contributed by atoms with E-state index in [1.165, 1.54) is 61.2 Å². The maximum Gasteiger partial charge on any atom is 0.00557 e. The summed E-state index contributed by atoms with van der Waals surface area (Å²) >= 11 is 0. The molecule has 2 aliphatic rings. The molecule has 238 valence electrons. The Morgan fingerprint density at radius 1 is 0.522 bits per heavy atom. The van der Waals surface area contributed by atoms with Crippen LogP contribution in [0.2, 0.25) is 0 Å². The zero-order valence-electron chi connectivity index (χ0n) is 29.5. The first kappa shape index (κ1) is 36.1. The maximum absolute atomic E-state index is 2.34. The fourth-order valence-electron chi connectivity index (χ4n) is 5.59. The van der Waals surface area contributed by atoms with Crippen molar-refractivity contribution in [1.29, 1.82) is 0 Å². The molecule has 0 aromatic heterocycles. The molecule has 0 saturated carbocycles. The third-order valence-corrected chi connectivity index (χ3v) is 8.27. The van der Waals surface area contributed by atoms with Crippen molar-refractivity contribution in [3.63, 3.8) is 0 Å². The van der Waals surface area contributed by atoms with Crippen LogP contribution in [-0.4, -0.2) is 0 Å². The van der Waals surface area contributed by atoms with Crippen LogP contribution >= 0.6 is 0 Å². The van der Waals surface area contributed by atoms with Crippen molar-refractivity contribution in [3.05, 3.63) is 190 Å². The van der Waals surface area contributed by atoms with Gasteiger partial charge in [0.2, 0.25) is 0 Å². The van der Waals surface area contributed by atoms with Gasteiger partial charge in [-0.05, 0) is 97.0 Å². The first-order valence-corrected chi connectivity index (χ1v) is 17.1. The SMILES string of the molecule is CC.CC.Cc1cc2c(cc1C)-c1ccccc1C2.Cc1ccc(C2C=CC=CC2)cc1.Cc1ccc(Cc2ccccc2)cc1. The van der Waals surface area contributed by atoms with Gasteiger partial charge in [-0.3, -0.25) is 0 Å². The fourth-order valence-corrected chi connectivity index (χ4v) is 5.59. The van der Waals surface area contributed by atoms with Gasteiger partial charge < -0.3 is 0 Å². The number of rotatable bonds is 3. The van der Waals surface area contributed by atoms with E-state index in [0.29, 0.717) is 5.92 Å². The Balaban J connectivity index is 0.000000178. The molecule has 2 aliphatic carbocycles. The van der Waals surface area contributed by atoms with Gasteiger partial charge in [0.25, 0.3) is 0 Å². The molecule has 0 nitrogen and oxygen atoms in total. The van der Waals surface area contributed by atoms with Gasteiger partial charge in [-0.15, -0.1) is 0 Å². The molecule has 0 bridgehead atoms. The van der Waals surface area contributed by atoms with E-state index >= 15 is 0 Å². The molecule has 5 aromatic rings. The molecule has 0 N–H and O–H groups in total. The van der Waals surface area contributed by atoms with Gasteiger partial charge in [-0.25, -0.2) is 0 Å². The zero-order valence-corrected chi connectivity index (χ0v) is 29.5. The first-order valence-electron chi connectivity index (χ1n) is 17.1. The molecule has 0 fully saturated rings. The van der Waals surface area contributed by atoms with Crippen LogP contribution in [0.3, 0.4) is 0 Å². The summed E-state index contributed by atoms with van der Waals surface area (Å²) in [4.78, 5) is 0. The van der Waals surface area contributed by atoms with Crippen molar-refractivity contribution in [3.8, 4) is 11.1 Å². The van der Waals surface area contributed by atoms with Gasteiger partial charge in [-0.1, -0.05) is 178 Å². The molecule has 7 rings (SSSR count). The Labute approximate surface area is 280 Å². The van der Waals surface area contributed by atoms with Crippen LogP contribution in [0.15, 0.2) is 140 Å². The molecule has 1 atom stereocenters. The van der Waals surface area contributed by atoms with E-state index in [0.717, 1.165) is 19.3 Å². The predicted octanol–water partition coefficient (Wildman–Crippen LogP) is 13.1. The molecular formula is C46H54. The van der Waals surface area contributed by atoms with Crippen LogP contribution in [0.5, 0.6) is 0 Å². The molecule has 0 spiro atoms. The summed E-state index contributed by atoms with van der Waals surface area (Å²) in [5.74, 6) is 0.589. The predicted molar refractivity (Wildman–Crippen MR) is 204 cm³/mol. The monoisotopic (exact) mass is 606 g/mol. The van der Waals surface area contributed by atoms with Crippen LogP contribution in [-0.2, 0) is 12.8 Å². The summed E-state index contributed by atoms with van der Waals surface area (Å²) in [6, 6.07) is 41.5. The molecule has 0 radical (unpaired) electrons. The zero-order chi connectivity index (χ0) is 33.3. The minimum Gasteiger partial charge on any atom is -0.0836 e. The van der Waals surface area contributed by atoms with Crippen LogP contribution in [0, 0.1) is 27.7 Å². The summed E-state index contributed by atoms with van der Waals surface area (Å²) in [6.07, 6.45) is 12.0. The quantitative estimate of drug-likeness (QED) is 0.188. The second-order valence-corrected chi connectivity index (χ2v) is 11.6. The van der Waals surface area contributed by atoms with Crippen LogP contribution in [0.25, 0.3) is 11.1 Å². The van der Waals surface area contributed by atoms with Crippen molar-refractivity contribution in [2.75, 3.05) is 0 Å². The lowest BCUT2D eigenvalue weighted by Gasteiger charge is -2.13. The Morgan fingerprint density at radius 3 is 1.72 bits per heavy atom. The van der Waals surface area contributed by atoms with E-state index < -0.39 is 0 Å². The number of aryl methyl sites for hydroxylation is 4. The summed E-state index contributed by atoms with van der Waals surface area (Å²) in [6.45, 7) is 16.6. The van der Waals surface area contributed by atoms with Crippen LogP contribution < -0.4 is 0 Å². The number of hydrogen-bond acceptors (Lipinski definition) is 0. The lowest BCUT2D eigenvalue weighted by Crippen LogP contribution is -1.95. The average molecular weight is 607 g/mol. The highest BCUT2D eigenvalue weighted by molar-refractivity contribution is 5.77. The molecular weight excluding hydrogens is 553 g/mol. The lowest BCUT2D eigenvalue weighted by atomic mass is 9.92. The molecule has 0 aliphatic heterocycles. The standard InChI is InChI=1S/C15H14.C14H14.C13H14.2C2H6/c1-10-7-13-9-12-5-3-4-6-14(12)15(13)8-11(10)2;1-12-7-9-14(10-8-12)11-13-5-3-2-4-6-13;1-11-7-9-13(10-8-11)12-5-3-2-4-6-12;2*1-2/h3-8H,9H2,1-2H3;2-10H,11H2,1H3;2-5,7-10,12H,6H2,1H3;2*1-2H3. The molecule has 0 saturated heterocycles. The van der Waals surface area contributed by atoms with E-state index in [1.807, 2.05) is 27.7 Å². The normalized spacial score (nSPS) is 13.2. The maximum atomic E-state index is 2.34. The van der Waals surface area contributed by atoms with E-state index in [1.54, 1.807) is 0 Å². The summed E-state index contributed by atoms with van der Waals surface area (Å²) < 4.78 is 0. The van der Waals surface area contributed by atoms with Gasteiger partial charge in [0.15, 0.2) is 0 Å². The molecule has 0 heterocycles. The molecule has 0 heteroatoms. The third-order valence-electron chi connectivity index (χ3n) is 8.27. The summed E-state index contributed by atoms with van der Waals surface area (Å²) in [5, 5.41) is 0. The highest BCUT2D eigenvalue weighted by Crippen LogP contribution is 2.37. The minimum atomic E-state index is 0.589. The third kappa shape index (κ3) is 10.6. The Hall–Kier alpha value is -4.42. The van der Waals surface area contributed by atoms with E-state index in [-0.39, 0.29) is 0 Å². The van der Waals surface area contributed by atoms with Gasteiger partial charge in [0, 0.05) is 5.92 Å². The second kappa shape index (κ2) is 19.2. The van der Waals surface area contributed by atoms with Crippen molar-refractivity contribution in [2.24, 2.45) is 0 Å². The Morgan fingerprint density at radius 2 is 1.09 bits per heavy atom. The van der Waals surface area contributed by atoms with E-state index in [4.69, 9.17) is 0 Å². The second-order valence-electron chi connectivity index (χ2n) is 11.6. The van der Waals surface area contributed by atoms with E-state index in [2.05, 4.69) is 167 Å². The topological polar surface area (TPSA) is 0 Å². The number of hydrogen-bond donors (Lipinski definition) is 0. The highest BCUT2D eigenvalue weighted by atomic mass is 14.2. The summed E-state index contributed by atoms with van der Waals surface area (Å²) in [5.41, 5.74) is 15.4. The number of fused-ring (bicyclic) bond motifs is 3. The molecule has 5 aromatic carbocycles. The van der Waals surface area contributed by atoms with Crippen molar-refractivity contribution in [1.82, 2.24) is 0 Å². The van der Waals surface area contributed by atoms with Gasteiger partial charge in [0.05, 0.1) is 0 Å². The number of benzene rings is 5. The first-order chi connectivity index (χ1) is 22.5. The fraction of sp³-hybridized carbons (Fsp3) is 0.261. The van der Waals surface area contributed by atoms with Crippen molar-refractivity contribution < 1.29 is 0 Å². The molecule has 1 unspecified atom stereocenters. The molecule has 46 heavy (non-hydrogen) atoms. The highest BCUT2D eigenvalue weighted by Gasteiger charge is 2.18. The number of allylic oxidation sites excluding steroid dienone is 4. The molecule has 0 amide bonds. The average Bonchev–Trinajstić information content (AvgIpc) is 3.46. The Bertz CT molecular complexity index is 1650. The van der Waals surface area contributed by atoms with E-state index in [9.17, 15) is 0 Å². The Kier molecular flexibility index (Phi) is 15.0. The van der Waals surface area contributed by atoms with Gasteiger partial charge in [0.1, 0.15) is 0 Å². The largest absolute Gasteiger partial charge is 0.0836 e. The summed E-state index contributed by atoms with van der Waals surface area (Å²) in [7, 11) is 0. The smallest absolute Gasteiger partial charge is 0.00557 e. The van der Waals surface area contributed by atoms with Crippen molar-refractivity contribution >= 4 is 0 Å².